The fourth-order valence-corrected chi connectivity index (χ4v) is 3.85. The van der Waals surface area contributed by atoms with Crippen LogP contribution in [0.3, 0.4) is 0 Å². The smallest absolute Gasteiger partial charge is 0.275 e. The highest BCUT2D eigenvalue weighted by Crippen LogP contribution is 2.33. The zero-order valence-electron chi connectivity index (χ0n) is 13.1. The maximum Gasteiger partial charge on any atom is 0.275 e. The van der Waals surface area contributed by atoms with Gasteiger partial charge in [0.2, 0.25) is 0 Å². The SMILES string of the molecule is COc1ccc(-n2cnc3c(sc4nc(C)cc(N)c43)c2=O)cc1. The van der Waals surface area contributed by atoms with Crippen molar-refractivity contribution in [2.45, 2.75) is 6.92 Å². The monoisotopic (exact) mass is 338 g/mol. The van der Waals surface area contributed by atoms with Crippen LogP contribution in [0.1, 0.15) is 5.69 Å². The molecule has 0 fully saturated rings. The number of aryl methyl sites for hydroxylation is 1. The van der Waals surface area contributed by atoms with Gasteiger partial charge < -0.3 is 10.5 Å². The molecule has 2 N–H and O–H groups in total. The van der Waals surface area contributed by atoms with Gasteiger partial charge in [0.25, 0.3) is 5.56 Å². The Morgan fingerprint density at radius 2 is 2.00 bits per heavy atom. The molecule has 0 bridgehead atoms. The lowest BCUT2D eigenvalue weighted by molar-refractivity contribution is 0.414. The van der Waals surface area contributed by atoms with Crippen molar-refractivity contribution in [3.05, 3.63) is 52.7 Å². The third-order valence-corrected chi connectivity index (χ3v) is 4.92. The third kappa shape index (κ3) is 2.13. The van der Waals surface area contributed by atoms with Crippen molar-refractivity contribution in [1.82, 2.24) is 14.5 Å². The van der Waals surface area contributed by atoms with Gasteiger partial charge in [-0.2, -0.15) is 0 Å². The highest BCUT2D eigenvalue weighted by molar-refractivity contribution is 7.25. The minimum Gasteiger partial charge on any atom is -0.497 e. The highest BCUT2D eigenvalue weighted by Gasteiger charge is 2.15. The van der Waals surface area contributed by atoms with Crippen LogP contribution in [0.15, 0.2) is 41.5 Å². The van der Waals surface area contributed by atoms with Crippen LogP contribution < -0.4 is 16.0 Å². The molecule has 0 aliphatic heterocycles. The third-order valence-electron chi connectivity index (χ3n) is 3.86. The van der Waals surface area contributed by atoms with E-state index in [9.17, 15) is 4.79 Å². The summed E-state index contributed by atoms with van der Waals surface area (Å²) in [6.07, 6.45) is 1.53. The second-order valence-corrected chi connectivity index (χ2v) is 6.43. The van der Waals surface area contributed by atoms with E-state index in [0.29, 0.717) is 15.9 Å². The van der Waals surface area contributed by atoms with Crippen LogP contribution in [-0.4, -0.2) is 21.6 Å². The summed E-state index contributed by atoms with van der Waals surface area (Å²) in [6, 6.07) is 9.04. The topological polar surface area (TPSA) is 83.0 Å². The van der Waals surface area contributed by atoms with E-state index in [1.807, 2.05) is 19.1 Å². The quantitative estimate of drug-likeness (QED) is 0.607. The van der Waals surface area contributed by atoms with Crippen LogP contribution in [0.4, 0.5) is 5.69 Å². The molecule has 3 heterocycles. The van der Waals surface area contributed by atoms with Crippen LogP contribution >= 0.6 is 11.3 Å². The number of methoxy groups -OCH3 is 1. The van der Waals surface area contributed by atoms with E-state index in [-0.39, 0.29) is 5.56 Å². The average Bonchev–Trinajstić information content (AvgIpc) is 2.95. The molecule has 0 aliphatic carbocycles. The Morgan fingerprint density at radius 3 is 2.71 bits per heavy atom. The maximum absolute atomic E-state index is 12.9. The van der Waals surface area contributed by atoms with Gasteiger partial charge in [-0.1, -0.05) is 0 Å². The fraction of sp³-hybridized carbons (Fsp3) is 0.118. The van der Waals surface area contributed by atoms with E-state index in [2.05, 4.69) is 9.97 Å². The van der Waals surface area contributed by atoms with E-state index < -0.39 is 0 Å². The molecule has 0 atom stereocenters. The first-order valence-electron chi connectivity index (χ1n) is 7.30. The van der Waals surface area contributed by atoms with Gasteiger partial charge in [0.15, 0.2) is 0 Å². The molecular formula is C17H14N4O2S. The number of anilines is 1. The number of nitrogens with two attached hydrogens (primary N) is 1. The van der Waals surface area contributed by atoms with E-state index in [1.54, 1.807) is 25.3 Å². The van der Waals surface area contributed by atoms with Crippen molar-refractivity contribution in [1.29, 1.82) is 0 Å². The molecule has 0 unspecified atom stereocenters. The first-order valence-corrected chi connectivity index (χ1v) is 8.11. The molecule has 3 aromatic heterocycles. The van der Waals surface area contributed by atoms with Crippen molar-refractivity contribution in [2.75, 3.05) is 12.8 Å². The largest absolute Gasteiger partial charge is 0.497 e. The van der Waals surface area contributed by atoms with Crippen LogP contribution in [0.25, 0.3) is 26.1 Å². The van der Waals surface area contributed by atoms with E-state index in [1.165, 1.54) is 22.2 Å². The predicted octanol–water partition coefficient (Wildman–Crippen LogP) is 2.89. The van der Waals surface area contributed by atoms with Crippen LogP contribution in [0, 0.1) is 6.92 Å². The lowest BCUT2D eigenvalue weighted by atomic mass is 10.2. The van der Waals surface area contributed by atoms with Gasteiger partial charge in [0.1, 0.15) is 21.6 Å². The van der Waals surface area contributed by atoms with Crippen molar-refractivity contribution in [3.8, 4) is 11.4 Å². The number of fused-ring (bicyclic) bond motifs is 3. The Morgan fingerprint density at radius 1 is 1.25 bits per heavy atom. The van der Waals surface area contributed by atoms with Crippen LogP contribution in [-0.2, 0) is 0 Å². The van der Waals surface area contributed by atoms with E-state index >= 15 is 0 Å². The molecule has 0 aliphatic rings. The summed E-state index contributed by atoms with van der Waals surface area (Å²) in [4.78, 5) is 22.6. The minimum atomic E-state index is -0.134. The van der Waals surface area contributed by atoms with Crippen molar-refractivity contribution in [2.24, 2.45) is 0 Å². The zero-order valence-corrected chi connectivity index (χ0v) is 13.9. The Balaban J connectivity index is 1.99. The standard InChI is InChI=1S/C17H14N4O2S/c1-9-7-12(18)13-14-15(24-16(13)20-9)17(22)21(8-19-14)10-3-5-11(23-2)6-4-10/h3-8H,1-2H3,(H2,18,20). The van der Waals surface area contributed by atoms with Gasteiger partial charge in [-0.15, -0.1) is 11.3 Å². The Labute approximate surface area is 141 Å². The number of hydrogen-bond acceptors (Lipinski definition) is 6. The molecule has 0 saturated heterocycles. The number of benzene rings is 1. The number of nitrogen functional groups attached to an aromatic ring is 1. The summed E-state index contributed by atoms with van der Waals surface area (Å²) in [5, 5.41) is 0.750. The molecule has 4 aromatic rings. The summed E-state index contributed by atoms with van der Waals surface area (Å²) < 4.78 is 7.21. The molecule has 0 amide bonds. The predicted molar refractivity (Wildman–Crippen MR) is 96.2 cm³/mol. The molecule has 120 valence electrons. The molecule has 24 heavy (non-hydrogen) atoms. The van der Waals surface area contributed by atoms with E-state index in [0.717, 1.165) is 27.3 Å². The first-order chi connectivity index (χ1) is 11.6. The molecule has 7 heteroatoms. The second-order valence-electron chi connectivity index (χ2n) is 5.43. The lowest BCUT2D eigenvalue weighted by Crippen LogP contribution is -2.17. The molecule has 6 nitrogen and oxygen atoms in total. The van der Waals surface area contributed by atoms with Gasteiger partial charge in [-0.05, 0) is 37.3 Å². The summed E-state index contributed by atoms with van der Waals surface area (Å²) in [7, 11) is 1.60. The normalized spacial score (nSPS) is 11.2. The molecule has 0 spiro atoms. The van der Waals surface area contributed by atoms with Crippen LogP contribution in [0.5, 0.6) is 5.75 Å². The number of aromatic nitrogens is 3. The van der Waals surface area contributed by atoms with Gasteiger partial charge in [0, 0.05) is 11.4 Å². The molecule has 0 saturated carbocycles. The number of hydrogen-bond donors (Lipinski definition) is 1. The Hall–Kier alpha value is -2.93. The fourth-order valence-electron chi connectivity index (χ4n) is 2.71. The Kier molecular flexibility index (Phi) is 3.24. The average molecular weight is 338 g/mol. The summed E-state index contributed by atoms with van der Waals surface area (Å²) in [5.41, 5.74) is 8.72. The highest BCUT2D eigenvalue weighted by atomic mass is 32.1. The number of nitrogens with zero attached hydrogens (tertiary/aromatic N) is 3. The number of pyridine rings is 1. The van der Waals surface area contributed by atoms with Crippen molar-refractivity contribution in [3.63, 3.8) is 0 Å². The molecule has 4 rings (SSSR count). The molecule has 1 aromatic carbocycles. The van der Waals surface area contributed by atoms with Gasteiger partial charge in [-0.25, -0.2) is 9.97 Å². The second kappa shape index (κ2) is 5.31. The number of thiophene rings is 1. The van der Waals surface area contributed by atoms with Gasteiger partial charge in [-0.3, -0.25) is 9.36 Å². The number of rotatable bonds is 2. The first kappa shape index (κ1) is 14.6. The van der Waals surface area contributed by atoms with Crippen LogP contribution in [0.2, 0.25) is 0 Å². The Bertz CT molecular complexity index is 1130. The summed E-state index contributed by atoms with van der Waals surface area (Å²) in [6.45, 7) is 1.88. The molecule has 0 radical (unpaired) electrons. The van der Waals surface area contributed by atoms with Crippen molar-refractivity contribution >= 4 is 37.5 Å². The number of ether oxygens (including phenoxy) is 1. The van der Waals surface area contributed by atoms with Crippen molar-refractivity contribution < 1.29 is 4.74 Å². The maximum atomic E-state index is 12.9. The minimum absolute atomic E-state index is 0.134. The molecular weight excluding hydrogens is 324 g/mol. The lowest BCUT2D eigenvalue weighted by Gasteiger charge is -2.06. The van der Waals surface area contributed by atoms with E-state index in [4.69, 9.17) is 10.5 Å². The summed E-state index contributed by atoms with van der Waals surface area (Å²) >= 11 is 1.32. The van der Waals surface area contributed by atoms with Gasteiger partial charge >= 0.3 is 0 Å². The summed E-state index contributed by atoms with van der Waals surface area (Å²) in [5.74, 6) is 0.732. The zero-order chi connectivity index (χ0) is 16.8. The van der Waals surface area contributed by atoms with Gasteiger partial charge in [0.05, 0.1) is 23.7 Å².